The van der Waals surface area contributed by atoms with Gasteiger partial charge in [-0.05, 0) is 36.8 Å². The van der Waals surface area contributed by atoms with Gasteiger partial charge in [-0.25, -0.2) is 0 Å². The number of nitrogens with one attached hydrogen (secondary N) is 1. The van der Waals surface area contributed by atoms with E-state index in [9.17, 15) is 9.59 Å². The Balaban J connectivity index is 1.69. The average molecular weight is 423 g/mol. The van der Waals surface area contributed by atoms with Gasteiger partial charge in [0.15, 0.2) is 0 Å². The highest BCUT2D eigenvalue weighted by atomic mass is 35.5. The largest absolute Gasteiger partial charge is 0.322 e. The number of nitrogens with zero attached hydrogens (tertiary/aromatic N) is 1. The average Bonchev–Trinajstić information content (AvgIpc) is 3.10. The molecule has 0 aromatic heterocycles. The molecule has 1 aliphatic rings. The Bertz CT molecular complexity index is 1090. The van der Waals surface area contributed by atoms with Crippen LogP contribution in [0.2, 0.25) is 5.02 Å². The Kier molecular flexibility index (Phi) is 5.60. The van der Waals surface area contributed by atoms with E-state index in [2.05, 4.69) is 5.32 Å². The molecule has 1 N–H and O–H groups in total. The maximum atomic E-state index is 12.8. The fourth-order valence-corrected chi connectivity index (χ4v) is 4.84. The number of hydrogen-bond donors (Lipinski definition) is 1. The Morgan fingerprint density at radius 3 is 2.52 bits per heavy atom. The van der Waals surface area contributed by atoms with Gasteiger partial charge in [-0.15, -0.1) is 11.8 Å². The minimum atomic E-state index is -0.278. The van der Waals surface area contributed by atoms with Crippen LogP contribution >= 0.6 is 23.4 Å². The first kappa shape index (κ1) is 19.6. The summed E-state index contributed by atoms with van der Waals surface area (Å²) < 4.78 is 0. The molecule has 1 unspecified atom stereocenters. The highest BCUT2D eigenvalue weighted by molar-refractivity contribution is 8.00. The number of amides is 2. The molecule has 3 aromatic rings. The smallest absolute Gasteiger partial charge is 0.257 e. The van der Waals surface area contributed by atoms with Gasteiger partial charge in [0.2, 0.25) is 5.91 Å². The van der Waals surface area contributed by atoms with Crippen LogP contribution in [-0.2, 0) is 4.79 Å². The maximum absolute atomic E-state index is 12.8. The summed E-state index contributed by atoms with van der Waals surface area (Å²) >= 11 is 7.73. The summed E-state index contributed by atoms with van der Waals surface area (Å²) in [5.41, 5.74) is 3.88. The predicted octanol–water partition coefficient (Wildman–Crippen LogP) is 5.68. The minimum Gasteiger partial charge on any atom is -0.322 e. The fourth-order valence-electron chi connectivity index (χ4n) is 3.41. The predicted molar refractivity (Wildman–Crippen MR) is 120 cm³/mol. The zero-order chi connectivity index (χ0) is 20.4. The number of hydrogen-bond acceptors (Lipinski definition) is 3. The number of benzene rings is 3. The quantitative estimate of drug-likeness (QED) is 0.588. The van der Waals surface area contributed by atoms with Crippen LogP contribution in [0.4, 0.5) is 11.4 Å². The lowest BCUT2D eigenvalue weighted by Gasteiger charge is -2.27. The second kappa shape index (κ2) is 8.31. The van der Waals surface area contributed by atoms with Crippen LogP contribution in [0.25, 0.3) is 0 Å². The third kappa shape index (κ3) is 3.88. The van der Waals surface area contributed by atoms with Gasteiger partial charge in [0.1, 0.15) is 5.37 Å². The summed E-state index contributed by atoms with van der Waals surface area (Å²) in [5, 5.41) is 3.15. The van der Waals surface area contributed by atoms with Gasteiger partial charge >= 0.3 is 0 Å². The Morgan fingerprint density at radius 1 is 1.03 bits per heavy atom. The van der Waals surface area contributed by atoms with Crippen molar-refractivity contribution in [2.45, 2.75) is 12.3 Å². The molecule has 4 rings (SSSR count). The number of carbonyl (C=O) groups is 2. The second-order valence-electron chi connectivity index (χ2n) is 6.73. The number of para-hydroxylation sites is 2. The SMILES string of the molecule is Cc1ccccc1N1C(=O)CSC1c1ccccc1NC(=O)c1ccccc1Cl. The maximum Gasteiger partial charge on any atom is 0.257 e. The van der Waals surface area contributed by atoms with Gasteiger partial charge in [0, 0.05) is 16.9 Å². The molecule has 0 spiro atoms. The Labute approximate surface area is 178 Å². The van der Waals surface area contributed by atoms with Crippen molar-refractivity contribution in [3.63, 3.8) is 0 Å². The van der Waals surface area contributed by atoms with E-state index >= 15 is 0 Å². The van der Waals surface area contributed by atoms with Crippen LogP contribution in [0.1, 0.15) is 26.9 Å². The van der Waals surface area contributed by atoms with E-state index < -0.39 is 0 Å². The molecule has 146 valence electrons. The molecule has 1 saturated heterocycles. The molecule has 4 nitrogen and oxygen atoms in total. The molecular weight excluding hydrogens is 404 g/mol. The first-order valence-electron chi connectivity index (χ1n) is 9.20. The Hall–Kier alpha value is -2.76. The molecule has 0 radical (unpaired) electrons. The van der Waals surface area contributed by atoms with Crippen LogP contribution < -0.4 is 10.2 Å². The van der Waals surface area contributed by atoms with Gasteiger partial charge < -0.3 is 5.32 Å². The summed E-state index contributed by atoms with van der Waals surface area (Å²) in [5.74, 6) is 0.174. The monoisotopic (exact) mass is 422 g/mol. The fraction of sp³-hybridized carbons (Fsp3) is 0.130. The highest BCUT2D eigenvalue weighted by Crippen LogP contribution is 2.45. The lowest BCUT2D eigenvalue weighted by atomic mass is 10.1. The third-order valence-electron chi connectivity index (χ3n) is 4.84. The molecule has 1 fully saturated rings. The molecule has 1 aliphatic heterocycles. The Morgan fingerprint density at radius 2 is 1.72 bits per heavy atom. The zero-order valence-corrected chi connectivity index (χ0v) is 17.3. The summed E-state index contributed by atoms with van der Waals surface area (Å²) in [6.45, 7) is 1.99. The van der Waals surface area contributed by atoms with E-state index in [1.54, 1.807) is 36.0 Å². The third-order valence-corrected chi connectivity index (χ3v) is 6.36. The van der Waals surface area contributed by atoms with Gasteiger partial charge in [-0.2, -0.15) is 0 Å². The highest BCUT2D eigenvalue weighted by Gasteiger charge is 2.36. The zero-order valence-electron chi connectivity index (χ0n) is 15.8. The molecule has 3 aromatic carbocycles. The van der Waals surface area contributed by atoms with Crippen LogP contribution in [0.5, 0.6) is 0 Å². The van der Waals surface area contributed by atoms with Gasteiger partial charge in [0.05, 0.1) is 16.3 Å². The first-order chi connectivity index (χ1) is 14.1. The summed E-state index contributed by atoms with van der Waals surface area (Å²) in [6.07, 6.45) is 0. The van der Waals surface area contributed by atoms with Crippen molar-refractivity contribution in [2.24, 2.45) is 0 Å². The summed E-state index contributed by atoms with van der Waals surface area (Å²) in [6, 6.07) is 22.4. The minimum absolute atomic E-state index is 0.0570. The molecule has 0 bridgehead atoms. The van der Waals surface area contributed by atoms with Gasteiger partial charge in [-0.1, -0.05) is 60.1 Å². The lowest BCUT2D eigenvalue weighted by Crippen LogP contribution is -2.29. The number of halogens is 1. The molecule has 29 heavy (non-hydrogen) atoms. The molecule has 0 aliphatic carbocycles. The van der Waals surface area contributed by atoms with Crippen molar-refractivity contribution >= 4 is 46.6 Å². The van der Waals surface area contributed by atoms with E-state index in [1.165, 1.54) is 0 Å². The van der Waals surface area contributed by atoms with Gasteiger partial charge in [0.25, 0.3) is 5.91 Å². The number of carbonyl (C=O) groups excluding carboxylic acids is 2. The number of aryl methyl sites for hydroxylation is 1. The van der Waals surface area contributed by atoms with Crippen LogP contribution in [0.15, 0.2) is 72.8 Å². The van der Waals surface area contributed by atoms with E-state index in [0.717, 1.165) is 16.8 Å². The van der Waals surface area contributed by atoms with Crippen molar-refractivity contribution in [2.75, 3.05) is 16.0 Å². The second-order valence-corrected chi connectivity index (χ2v) is 8.21. The van der Waals surface area contributed by atoms with Crippen molar-refractivity contribution in [3.8, 4) is 0 Å². The number of anilines is 2. The standard InChI is InChI=1S/C23H19ClN2O2S/c1-15-8-2-7-13-20(15)26-21(27)14-29-23(26)17-10-4-6-12-19(17)25-22(28)16-9-3-5-11-18(16)24/h2-13,23H,14H2,1H3,(H,25,28). The number of thioether (sulfide) groups is 1. The molecular formula is C23H19ClN2O2S. The molecule has 6 heteroatoms. The number of rotatable bonds is 4. The van der Waals surface area contributed by atoms with E-state index in [1.807, 2.05) is 60.4 Å². The van der Waals surface area contributed by atoms with Crippen molar-refractivity contribution in [1.29, 1.82) is 0 Å². The van der Waals surface area contributed by atoms with E-state index in [0.29, 0.717) is 22.0 Å². The van der Waals surface area contributed by atoms with Crippen LogP contribution in [-0.4, -0.2) is 17.6 Å². The first-order valence-corrected chi connectivity index (χ1v) is 10.6. The van der Waals surface area contributed by atoms with E-state index in [4.69, 9.17) is 11.6 Å². The molecule has 1 heterocycles. The topological polar surface area (TPSA) is 49.4 Å². The summed E-state index contributed by atoms with van der Waals surface area (Å²) in [4.78, 5) is 27.3. The summed E-state index contributed by atoms with van der Waals surface area (Å²) in [7, 11) is 0. The van der Waals surface area contributed by atoms with Crippen LogP contribution in [0, 0.1) is 6.92 Å². The van der Waals surface area contributed by atoms with Crippen molar-refractivity contribution in [3.05, 3.63) is 94.5 Å². The van der Waals surface area contributed by atoms with Crippen molar-refractivity contribution in [1.82, 2.24) is 0 Å². The van der Waals surface area contributed by atoms with Gasteiger partial charge in [-0.3, -0.25) is 14.5 Å². The normalized spacial score (nSPS) is 16.1. The molecule has 0 saturated carbocycles. The van der Waals surface area contributed by atoms with E-state index in [-0.39, 0.29) is 17.2 Å². The molecule has 1 atom stereocenters. The van der Waals surface area contributed by atoms with Crippen LogP contribution in [0.3, 0.4) is 0 Å². The lowest BCUT2D eigenvalue weighted by molar-refractivity contribution is -0.115. The molecule has 2 amide bonds. The van der Waals surface area contributed by atoms with Crippen molar-refractivity contribution < 1.29 is 9.59 Å².